The number of nitrogens with zero attached hydrogens (tertiary/aromatic N) is 1. The first-order valence-corrected chi connectivity index (χ1v) is 5.27. The van der Waals surface area contributed by atoms with Crippen molar-refractivity contribution < 1.29 is 0 Å². The van der Waals surface area contributed by atoms with Gasteiger partial charge in [0.15, 0.2) is 0 Å². The van der Waals surface area contributed by atoms with Gasteiger partial charge in [-0.1, -0.05) is 6.92 Å². The third-order valence-electron chi connectivity index (χ3n) is 2.69. The van der Waals surface area contributed by atoms with Crippen molar-refractivity contribution >= 4 is 0 Å². The maximum Gasteiger partial charge on any atom is 0.0321 e. The second-order valence-electron chi connectivity index (χ2n) is 4.58. The number of likely N-dealkylation sites (N-methyl/N-ethyl adjacent to an activating group) is 1. The molecule has 0 saturated carbocycles. The van der Waals surface area contributed by atoms with E-state index in [9.17, 15) is 0 Å². The first kappa shape index (κ1) is 20.1. The quantitative estimate of drug-likeness (QED) is 0.694. The molecule has 0 heterocycles. The maximum atomic E-state index is 5.97. The summed E-state index contributed by atoms with van der Waals surface area (Å²) in [6.07, 6.45) is 0. The van der Waals surface area contributed by atoms with Crippen LogP contribution in [0.1, 0.15) is 34.6 Å². The van der Waals surface area contributed by atoms with Gasteiger partial charge in [-0.3, -0.25) is 0 Å². The van der Waals surface area contributed by atoms with Gasteiger partial charge in [0.25, 0.3) is 0 Å². The van der Waals surface area contributed by atoms with E-state index >= 15 is 0 Å². The van der Waals surface area contributed by atoms with Gasteiger partial charge >= 0.3 is 0 Å². The molecular formula is C12H31N3. The van der Waals surface area contributed by atoms with Crippen molar-refractivity contribution in [2.75, 3.05) is 20.6 Å². The Labute approximate surface area is 96.5 Å². The molecule has 0 aliphatic rings. The second kappa shape index (κ2) is 8.89. The molecule has 0 radical (unpaired) electrons. The lowest BCUT2D eigenvalue weighted by atomic mass is 9.82. The average Bonchev–Trinajstić information content (AvgIpc) is 2.07. The summed E-state index contributed by atoms with van der Waals surface area (Å²) in [5, 5.41) is 0. The highest BCUT2D eigenvalue weighted by molar-refractivity contribution is 4.96. The van der Waals surface area contributed by atoms with Crippen LogP contribution in [-0.4, -0.2) is 36.6 Å². The fraction of sp³-hybridized carbons (Fsp3) is 0.833. The van der Waals surface area contributed by atoms with Crippen LogP contribution in [0.3, 0.4) is 0 Å². The van der Waals surface area contributed by atoms with Gasteiger partial charge in [0.1, 0.15) is 0 Å². The van der Waals surface area contributed by atoms with E-state index in [1.165, 1.54) is 0 Å². The highest BCUT2D eigenvalue weighted by atomic mass is 15.2. The molecule has 0 amide bonds. The van der Waals surface area contributed by atoms with Crippen LogP contribution in [0.15, 0.2) is 13.2 Å². The molecule has 0 atom stereocenters. The van der Waals surface area contributed by atoms with Crippen molar-refractivity contribution in [1.82, 2.24) is 4.90 Å². The van der Waals surface area contributed by atoms with Gasteiger partial charge in [-0.05, 0) is 48.3 Å². The van der Waals surface area contributed by atoms with E-state index in [1.807, 2.05) is 20.8 Å². The Hall–Kier alpha value is -0.380. The Kier molecular flexibility index (Phi) is 11.9. The van der Waals surface area contributed by atoms with Crippen LogP contribution < -0.4 is 11.5 Å². The Morgan fingerprint density at radius 3 is 1.27 bits per heavy atom. The molecule has 0 spiro atoms. The van der Waals surface area contributed by atoms with Crippen LogP contribution in [0.4, 0.5) is 0 Å². The topological polar surface area (TPSA) is 55.3 Å². The molecule has 0 aromatic heterocycles. The Morgan fingerprint density at radius 1 is 1.07 bits per heavy atom. The zero-order chi connectivity index (χ0) is 13.3. The summed E-state index contributed by atoms with van der Waals surface area (Å²) in [4.78, 5) is 2.15. The summed E-state index contributed by atoms with van der Waals surface area (Å²) in [6, 6.07) is 0. The summed E-state index contributed by atoms with van der Waals surface area (Å²) in [5.41, 5.74) is 10.7. The Bertz CT molecular complexity index is 134. The molecule has 4 N–H and O–H groups in total. The molecule has 0 aromatic carbocycles. The van der Waals surface area contributed by atoms with E-state index in [0.717, 1.165) is 6.54 Å². The minimum atomic E-state index is -0.156. The zero-order valence-electron chi connectivity index (χ0n) is 11.7. The fourth-order valence-electron chi connectivity index (χ4n) is 0.576. The minimum absolute atomic E-state index is 0.0486. The third-order valence-corrected chi connectivity index (χ3v) is 2.69. The van der Waals surface area contributed by atoms with E-state index < -0.39 is 0 Å². The predicted octanol–water partition coefficient (Wildman–Crippen LogP) is 1.83. The van der Waals surface area contributed by atoms with Crippen LogP contribution in [0.5, 0.6) is 0 Å². The van der Waals surface area contributed by atoms with Gasteiger partial charge in [-0.25, -0.2) is 0 Å². The number of rotatable bonds is 2. The van der Waals surface area contributed by atoms with E-state index in [0.29, 0.717) is 0 Å². The van der Waals surface area contributed by atoms with Gasteiger partial charge in [0, 0.05) is 11.1 Å². The molecular weight excluding hydrogens is 186 g/mol. The normalized spacial score (nSPS) is 11.1. The summed E-state index contributed by atoms with van der Waals surface area (Å²) < 4.78 is 0. The molecule has 0 unspecified atom stereocenters. The standard InChI is InChI=1S/C8H20N2.C2H7N.C2H4/c1-7(2,9)8(3,4)10(5)6;1-2-3;1-2/h9H2,1-6H3;2-3H2,1H3;1-2H2. The van der Waals surface area contributed by atoms with Gasteiger partial charge < -0.3 is 16.4 Å². The first-order valence-electron chi connectivity index (χ1n) is 5.27. The summed E-state index contributed by atoms with van der Waals surface area (Å²) in [5.74, 6) is 0. The summed E-state index contributed by atoms with van der Waals surface area (Å²) in [7, 11) is 4.10. The maximum absolute atomic E-state index is 5.97. The van der Waals surface area contributed by atoms with Crippen molar-refractivity contribution in [2.24, 2.45) is 11.5 Å². The number of hydrogen-bond acceptors (Lipinski definition) is 3. The lowest BCUT2D eigenvalue weighted by Gasteiger charge is -2.43. The van der Waals surface area contributed by atoms with Crippen molar-refractivity contribution in [3.63, 3.8) is 0 Å². The van der Waals surface area contributed by atoms with E-state index in [-0.39, 0.29) is 11.1 Å². The smallest absolute Gasteiger partial charge is 0.0321 e. The van der Waals surface area contributed by atoms with Crippen molar-refractivity contribution in [3.8, 4) is 0 Å². The lowest BCUT2D eigenvalue weighted by Crippen LogP contribution is -2.60. The second-order valence-corrected chi connectivity index (χ2v) is 4.58. The van der Waals surface area contributed by atoms with Crippen molar-refractivity contribution in [3.05, 3.63) is 13.2 Å². The van der Waals surface area contributed by atoms with Crippen LogP contribution in [-0.2, 0) is 0 Å². The molecule has 0 rings (SSSR count). The van der Waals surface area contributed by atoms with Gasteiger partial charge in [0.05, 0.1) is 0 Å². The van der Waals surface area contributed by atoms with Crippen molar-refractivity contribution in [1.29, 1.82) is 0 Å². The number of hydrogen-bond donors (Lipinski definition) is 2. The highest BCUT2D eigenvalue weighted by Gasteiger charge is 2.34. The first-order chi connectivity index (χ1) is 6.61. The number of nitrogens with two attached hydrogens (primary N) is 2. The molecule has 0 fully saturated rings. The molecule has 94 valence electrons. The molecule has 0 aromatic rings. The monoisotopic (exact) mass is 217 g/mol. The molecule has 0 aliphatic carbocycles. The summed E-state index contributed by atoms with van der Waals surface area (Å²) >= 11 is 0. The van der Waals surface area contributed by atoms with Gasteiger partial charge in [-0.15, -0.1) is 13.2 Å². The zero-order valence-corrected chi connectivity index (χ0v) is 11.7. The van der Waals surface area contributed by atoms with E-state index in [1.54, 1.807) is 0 Å². The van der Waals surface area contributed by atoms with E-state index in [4.69, 9.17) is 11.5 Å². The fourth-order valence-corrected chi connectivity index (χ4v) is 0.576. The van der Waals surface area contributed by atoms with Gasteiger partial charge in [-0.2, -0.15) is 0 Å². The van der Waals surface area contributed by atoms with Crippen molar-refractivity contribution in [2.45, 2.75) is 45.7 Å². The highest BCUT2D eigenvalue weighted by Crippen LogP contribution is 2.22. The average molecular weight is 217 g/mol. The van der Waals surface area contributed by atoms with Crippen LogP contribution in [0, 0.1) is 0 Å². The minimum Gasteiger partial charge on any atom is -0.331 e. The van der Waals surface area contributed by atoms with Crippen LogP contribution in [0.25, 0.3) is 0 Å². The molecule has 0 aliphatic heterocycles. The summed E-state index contributed by atoms with van der Waals surface area (Å²) in [6.45, 7) is 17.0. The Balaban J connectivity index is -0.000000245. The third kappa shape index (κ3) is 8.60. The predicted molar refractivity (Wildman–Crippen MR) is 72.0 cm³/mol. The SMILES string of the molecule is C=C.CCN.CN(C)C(C)(C)C(C)(C)N. The molecule has 15 heavy (non-hydrogen) atoms. The van der Waals surface area contributed by atoms with Crippen LogP contribution >= 0.6 is 0 Å². The van der Waals surface area contributed by atoms with Crippen LogP contribution in [0.2, 0.25) is 0 Å². The molecule has 3 nitrogen and oxygen atoms in total. The molecule has 3 heteroatoms. The van der Waals surface area contributed by atoms with E-state index in [2.05, 4.69) is 46.0 Å². The largest absolute Gasteiger partial charge is 0.331 e. The Morgan fingerprint density at radius 2 is 1.27 bits per heavy atom. The molecule has 0 bridgehead atoms. The lowest BCUT2D eigenvalue weighted by molar-refractivity contribution is 0.111. The molecule has 0 saturated heterocycles. The van der Waals surface area contributed by atoms with Gasteiger partial charge in [0.2, 0.25) is 0 Å².